The third-order valence-corrected chi connectivity index (χ3v) is 4.83. The molecular formula is C18H25NO. The Labute approximate surface area is 121 Å². The van der Waals surface area contributed by atoms with Crippen LogP contribution in [0.5, 0.6) is 0 Å². The lowest BCUT2D eigenvalue weighted by molar-refractivity contribution is 0.214. The van der Waals surface area contributed by atoms with Gasteiger partial charge in [0.2, 0.25) is 0 Å². The van der Waals surface area contributed by atoms with Gasteiger partial charge in [0.05, 0.1) is 6.04 Å². The lowest BCUT2D eigenvalue weighted by Crippen LogP contribution is -2.28. The fraction of sp³-hybridized carbons (Fsp3) is 0.556. The van der Waals surface area contributed by atoms with Crippen LogP contribution in [0.3, 0.4) is 0 Å². The smallest absolute Gasteiger partial charge is 0.137 e. The summed E-state index contributed by atoms with van der Waals surface area (Å²) in [5.41, 5.74) is 2.27. The minimum atomic E-state index is 0.351. The number of furan rings is 1. The maximum Gasteiger partial charge on any atom is 0.137 e. The van der Waals surface area contributed by atoms with Gasteiger partial charge in [-0.05, 0) is 50.3 Å². The summed E-state index contributed by atoms with van der Waals surface area (Å²) in [6.07, 6.45) is 5.35. The van der Waals surface area contributed by atoms with E-state index in [9.17, 15) is 0 Å². The van der Waals surface area contributed by atoms with Gasteiger partial charge in [0.15, 0.2) is 0 Å². The molecule has 0 bridgehead atoms. The highest BCUT2D eigenvalue weighted by molar-refractivity contribution is 5.81. The molecule has 0 amide bonds. The summed E-state index contributed by atoms with van der Waals surface area (Å²) in [6, 6.07) is 8.94. The van der Waals surface area contributed by atoms with Crippen LogP contribution < -0.4 is 5.32 Å². The van der Waals surface area contributed by atoms with Gasteiger partial charge in [-0.3, -0.25) is 0 Å². The van der Waals surface area contributed by atoms with Crippen molar-refractivity contribution in [2.24, 2.45) is 11.8 Å². The first-order valence-electron chi connectivity index (χ1n) is 7.85. The van der Waals surface area contributed by atoms with Crippen molar-refractivity contribution in [3.8, 4) is 0 Å². The van der Waals surface area contributed by atoms with E-state index in [0.717, 1.165) is 17.3 Å². The first kappa shape index (κ1) is 13.7. The van der Waals surface area contributed by atoms with Gasteiger partial charge in [-0.2, -0.15) is 0 Å². The number of benzene rings is 1. The lowest BCUT2D eigenvalue weighted by Gasteiger charge is -2.32. The Balaban J connectivity index is 1.92. The molecule has 2 nitrogen and oxygen atoms in total. The summed E-state index contributed by atoms with van der Waals surface area (Å²) < 4.78 is 6.18. The zero-order chi connectivity index (χ0) is 14.1. The molecule has 1 aliphatic rings. The molecule has 0 aliphatic heterocycles. The minimum Gasteiger partial charge on any atom is -0.459 e. The number of rotatable bonds is 3. The average Bonchev–Trinajstić information content (AvgIpc) is 2.85. The highest BCUT2D eigenvalue weighted by Crippen LogP contribution is 2.38. The molecule has 3 rings (SSSR count). The molecule has 1 aromatic heterocycles. The number of para-hydroxylation sites is 1. The van der Waals surface area contributed by atoms with E-state index in [-0.39, 0.29) is 0 Å². The van der Waals surface area contributed by atoms with Crippen LogP contribution in [-0.4, -0.2) is 7.05 Å². The Hall–Kier alpha value is -1.28. The van der Waals surface area contributed by atoms with E-state index in [1.54, 1.807) is 0 Å². The van der Waals surface area contributed by atoms with Crippen LogP contribution in [0.25, 0.3) is 11.0 Å². The van der Waals surface area contributed by atoms with E-state index >= 15 is 0 Å². The van der Waals surface area contributed by atoms with Crippen molar-refractivity contribution in [3.63, 3.8) is 0 Å². The average molecular weight is 271 g/mol. The lowest BCUT2D eigenvalue weighted by atomic mass is 9.78. The molecule has 3 atom stereocenters. The molecule has 0 radical (unpaired) electrons. The van der Waals surface area contributed by atoms with Gasteiger partial charge in [0.25, 0.3) is 0 Å². The number of hydrogen-bond donors (Lipinski definition) is 1. The predicted octanol–water partition coefficient (Wildman–Crippen LogP) is 4.83. The third kappa shape index (κ3) is 2.49. The van der Waals surface area contributed by atoms with Crippen LogP contribution in [0.1, 0.15) is 50.0 Å². The zero-order valence-electron chi connectivity index (χ0n) is 12.8. The highest BCUT2D eigenvalue weighted by atomic mass is 16.3. The van der Waals surface area contributed by atoms with Gasteiger partial charge in [0, 0.05) is 5.39 Å². The molecule has 20 heavy (non-hydrogen) atoms. The second kappa shape index (κ2) is 5.61. The highest BCUT2D eigenvalue weighted by Gasteiger charge is 2.29. The summed E-state index contributed by atoms with van der Waals surface area (Å²) in [5.74, 6) is 2.65. The van der Waals surface area contributed by atoms with E-state index in [4.69, 9.17) is 4.42 Å². The van der Waals surface area contributed by atoms with Crippen molar-refractivity contribution < 1.29 is 4.42 Å². The van der Waals surface area contributed by atoms with Crippen LogP contribution >= 0.6 is 0 Å². The standard InChI is InChI=1S/C18H25NO/c1-12-6-4-8-14(10-12)17(19-3)16-11-15-9-5-7-13(2)18(15)20-16/h5,7,9,11-12,14,17,19H,4,6,8,10H2,1-3H3. The molecule has 1 fully saturated rings. The monoisotopic (exact) mass is 271 g/mol. The molecule has 1 aromatic carbocycles. The van der Waals surface area contributed by atoms with Crippen molar-refractivity contribution in [1.29, 1.82) is 0 Å². The zero-order valence-corrected chi connectivity index (χ0v) is 12.8. The van der Waals surface area contributed by atoms with E-state index in [1.165, 1.54) is 36.6 Å². The molecule has 0 saturated heterocycles. The SMILES string of the molecule is CNC(c1cc2cccc(C)c2o1)C1CCCC(C)C1. The van der Waals surface area contributed by atoms with E-state index < -0.39 is 0 Å². The number of nitrogens with one attached hydrogen (secondary N) is 1. The van der Waals surface area contributed by atoms with E-state index in [1.807, 2.05) is 0 Å². The molecule has 1 aliphatic carbocycles. The number of aryl methyl sites for hydroxylation is 1. The van der Waals surface area contributed by atoms with Gasteiger partial charge in [-0.1, -0.05) is 38.0 Å². The van der Waals surface area contributed by atoms with Crippen LogP contribution in [0.2, 0.25) is 0 Å². The molecule has 2 heteroatoms. The normalized spacial score (nSPS) is 24.9. The van der Waals surface area contributed by atoms with Crippen molar-refractivity contribution in [1.82, 2.24) is 5.32 Å². The van der Waals surface area contributed by atoms with Crippen LogP contribution in [0.15, 0.2) is 28.7 Å². The predicted molar refractivity (Wildman–Crippen MR) is 83.9 cm³/mol. The topological polar surface area (TPSA) is 25.2 Å². The summed E-state index contributed by atoms with van der Waals surface area (Å²) in [4.78, 5) is 0. The van der Waals surface area contributed by atoms with E-state index in [0.29, 0.717) is 12.0 Å². The first-order chi connectivity index (χ1) is 9.69. The van der Waals surface area contributed by atoms with Gasteiger partial charge >= 0.3 is 0 Å². The van der Waals surface area contributed by atoms with Crippen molar-refractivity contribution >= 4 is 11.0 Å². The Bertz CT molecular complexity index is 586. The molecule has 2 aromatic rings. The summed E-state index contributed by atoms with van der Waals surface area (Å²) in [7, 11) is 2.06. The molecule has 0 spiro atoms. The van der Waals surface area contributed by atoms with Crippen LogP contribution in [0, 0.1) is 18.8 Å². The second-order valence-corrected chi connectivity index (χ2v) is 6.44. The molecule has 1 saturated carbocycles. The van der Waals surface area contributed by atoms with Gasteiger partial charge < -0.3 is 9.73 Å². The summed E-state index contributed by atoms with van der Waals surface area (Å²) in [6.45, 7) is 4.49. The third-order valence-electron chi connectivity index (χ3n) is 4.83. The molecular weight excluding hydrogens is 246 g/mol. The minimum absolute atomic E-state index is 0.351. The van der Waals surface area contributed by atoms with Crippen LogP contribution in [0.4, 0.5) is 0 Å². The Morgan fingerprint density at radius 3 is 2.85 bits per heavy atom. The summed E-state index contributed by atoms with van der Waals surface area (Å²) in [5, 5.41) is 4.72. The second-order valence-electron chi connectivity index (χ2n) is 6.44. The van der Waals surface area contributed by atoms with Crippen molar-refractivity contribution in [3.05, 3.63) is 35.6 Å². The fourth-order valence-corrected chi connectivity index (χ4v) is 3.78. The Kier molecular flexibility index (Phi) is 3.84. The van der Waals surface area contributed by atoms with Crippen LogP contribution in [-0.2, 0) is 0 Å². The molecule has 108 valence electrons. The maximum absolute atomic E-state index is 6.18. The molecule has 1 heterocycles. The maximum atomic E-state index is 6.18. The quantitative estimate of drug-likeness (QED) is 0.865. The van der Waals surface area contributed by atoms with Crippen molar-refractivity contribution in [2.75, 3.05) is 7.05 Å². The summed E-state index contributed by atoms with van der Waals surface area (Å²) >= 11 is 0. The van der Waals surface area contributed by atoms with Gasteiger partial charge in [-0.25, -0.2) is 0 Å². The van der Waals surface area contributed by atoms with Gasteiger partial charge in [0.1, 0.15) is 11.3 Å². The number of fused-ring (bicyclic) bond motifs is 1. The van der Waals surface area contributed by atoms with Gasteiger partial charge in [-0.15, -0.1) is 0 Å². The van der Waals surface area contributed by atoms with E-state index in [2.05, 4.69) is 50.5 Å². The van der Waals surface area contributed by atoms with Crippen molar-refractivity contribution in [2.45, 2.75) is 45.6 Å². The first-order valence-corrected chi connectivity index (χ1v) is 7.85. The largest absolute Gasteiger partial charge is 0.459 e. The molecule has 1 N–H and O–H groups in total. The number of hydrogen-bond acceptors (Lipinski definition) is 2. The fourth-order valence-electron chi connectivity index (χ4n) is 3.78. The Morgan fingerprint density at radius 2 is 2.15 bits per heavy atom. The Morgan fingerprint density at radius 1 is 1.30 bits per heavy atom. The molecule has 3 unspecified atom stereocenters.